The number of aliphatic hydroxyl groups excluding tert-OH is 1. The second-order valence-corrected chi connectivity index (χ2v) is 4.68. The van der Waals surface area contributed by atoms with Crippen LogP contribution in [-0.2, 0) is 11.2 Å². The van der Waals surface area contributed by atoms with E-state index in [0.717, 1.165) is 12.0 Å². The number of methoxy groups -OCH3 is 2. The molecule has 1 unspecified atom stereocenters. The predicted octanol–water partition coefficient (Wildman–Crippen LogP) is 1.52. The lowest BCUT2D eigenvalue weighted by atomic mass is 10.1. The minimum absolute atomic E-state index is 0.0358. The standard InChI is InChI=1S/C15H23NO4/c1-11(17)4-7-15(18)16-9-8-12-5-6-13(19-2)14(10-12)20-3/h5-6,10-11,17H,4,7-9H2,1-3H3,(H,16,18). The topological polar surface area (TPSA) is 67.8 Å². The summed E-state index contributed by atoms with van der Waals surface area (Å²) in [5.41, 5.74) is 1.07. The maximum absolute atomic E-state index is 11.5. The molecule has 1 aromatic carbocycles. The van der Waals surface area contributed by atoms with E-state index in [9.17, 15) is 4.79 Å². The van der Waals surface area contributed by atoms with Crippen molar-refractivity contribution >= 4 is 5.91 Å². The Morgan fingerprint density at radius 1 is 1.30 bits per heavy atom. The van der Waals surface area contributed by atoms with Gasteiger partial charge in [0.05, 0.1) is 20.3 Å². The zero-order valence-corrected chi connectivity index (χ0v) is 12.3. The summed E-state index contributed by atoms with van der Waals surface area (Å²) in [4.78, 5) is 11.5. The van der Waals surface area contributed by atoms with Crippen LogP contribution < -0.4 is 14.8 Å². The molecule has 0 fully saturated rings. The molecule has 0 saturated carbocycles. The first-order valence-electron chi connectivity index (χ1n) is 6.72. The van der Waals surface area contributed by atoms with E-state index in [2.05, 4.69) is 5.32 Å². The predicted molar refractivity (Wildman–Crippen MR) is 77.2 cm³/mol. The molecule has 0 bridgehead atoms. The van der Waals surface area contributed by atoms with Crippen molar-refractivity contribution in [1.29, 1.82) is 0 Å². The molecule has 0 radical (unpaired) electrons. The van der Waals surface area contributed by atoms with E-state index >= 15 is 0 Å². The Bertz CT molecular complexity index is 432. The van der Waals surface area contributed by atoms with Crippen LogP contribution in [-0.4, -0.2) is 37.9 Å². The largest absolute Gasteiger partial charge is 0.493 e. The molecule has 0 saturated heterocycles. The van der Waals surface area contributed by atoms with Gasteiger partial charge in [0.25, 0.3) is 0 Å². The summed E-state index contributed by atoms with van der Waals surface area (Å²) in [6.45, 7) is 2.24. The smallest absolute Gasteiger partial charge is 0.220 e. The molecule has 20 heavy (non-hydrogen) atoms. The first-order valence-corrected chi connectivity index (χ1v) is 6.72. The molecule has 5 nitrogen and oxygen atoms in total. The molecule has 2 N–H and O–H groups in total. The summed E-state index contributed by atoms with van der Waals surface area (Å²) in [5.74, 6) is 1.34. The highest BCUT2D eigenvalue weighted by atomic mass is 16.5. The molecule has 0 spiro atoms. The van der Waals surface area contributed by atoms with Crippen molar-refractivity contribution < 1.29 is 19.4 Å². The van der Waals surface area contributed by atoms with Gasteiger partial charge < -0.3 is 19.9 Å². The first kappa shape index (κ1) is 16.3. The molecular formula is C15H23NO4. The fraction of sp³-hybridized carbons (Fsp3) is 0.533. The molecule has 0 aliphatic heterocycles. The highest BCUT2D eigenvalue weighted by molar-refractivity contribution is 5.75. The maximum atomic E-state index is 11.5. The van der Waals surface area contributed by atoms with Gasteiger partial charge in [-0.25, -0.2) is 0 Å². The lowest BCUT2D eigenvalue weighted by Gasteiger charge is -2.10. The van der Waals surface area contributed by atoms with E-state index in [1.165, 1.54) is 0 Å². The van der Waals surface area contributed by atoms with E-state index in [0.29, 0.717) is 30.9 Å². The Morgan fingerprint density at radius 2 is 2.00 bits per heavy atom. The Labute approximate surface area is 119 Å². The fourth-order valence-corrected chi connectivity index (χ4v) is 1.81. The van der Waals surface area contributed by atoms with E-state index in [1.807, 2.05) is 18.2 Å². The van der Waals surface area contributed by atoms with Crippen molar-refractivity contribution in [3.63, 3.8) is 0 Å². The summed E-state index contributed by atoms with van der Waals surface area (Å²) in [6.07, 6.45) is 1.12. The molecule has 1 amide bonds. The second kappa shape index (κ2) is 8.43. The maximum Gasteiger partial charge on any atom is 0.220 e. The first-order chi connectivity index (χ1) is 9.56. The van der Waals surface area contributed by atoms with Crippen LogP contribution in [0.5, 0.6) is 11.5 Å². The van der Waals surface area contributed by atoms with Crippen molar-refractivity contribution in [3.05, 3.63) is 23.8 Å². The third kappa shape index (κ3) is 5.48. The summed E-state index contributed by atoms with van der Waals surface area (Å²) in [7, 11) is 3.19. The number of ether oxygens (including phenoxy) is 2. The number of hydrogen-bond acceptors (Lipinski definition) is 4. The minimum atomic E-state index is -0.438. The Kier molecular flexibility index (Phi) is 6.87. The number of amides is 1. The van der Waals surface area contributed by atoms with Gasteiger partial charge in [-0.15, -0.1) is 0 Å². The van der Waals surface area contributed by atoms with Gasteiger partial charge >= 0.3 is 0 Å². The van der Waals surface area contributed by atoms with Crippen LogP contribution in [0.15, 0.2) is 18.2 Å². The minimum Gasteiger partial charge on any atom is -0.493 e. The van der Waals surface area contributed by atoms with Crippen LogP contribution in [0.4, 0.5) is 0 Å². The molecular weight excluding hydrogens is 258 g/mol. The Hall–Kier alpha value is -1.75. The van der Waals surface area contributed by atoms with Crippen molar-refractivity contribution in [2.45, 2.75) is 32.3 Å². The number of nitrogens with one attached hydrogen (secondary N) is 1. The second-order valence-electron chi connectivity index (χ2n) is 4.68. The van der Waals surface area contributed by atoms with Crippen LogP contribution in [0.3, 0.4) is 0 Å². The number of carbonyl (C=O) groups is 1. The van der Waals surface area contributed by atoms with Crippen LogP contribution in [0, 0.1) is 0 Å². The monoisotopic (exact) mass is 281 g/mol. The van der Waals surface area contributed by atoms with Gasteiger partial charge in [-0.3, -0.25) is 4.79 Å². The third-order valence-electron chi connectivity index (χ3n) is 2.97. The quantitative estimate of drug-likeness (QED) is 0.758. The highest BCUT2D eigenvalue weighted by Crippen LogP contribution is 2.27. The fourth-order valence-electron chi connectivity index (χ4n) is 1.81. The average molecular weight is 281 g/mol. The van der Waals surface area contributed by atoms with Gasteiger partial charge in [0.1, 0.15) is 0 Å². The van der Waals surface area contributed by atoms with Gasteiger partial charge in [-0.1, -0.05) is 6.07 Å². The van der Waals surface area contributed by atoms with Crippen LogP contribution in [0.25, 0.3) is 0 Å². The van der Waals surface area contributed by atoms with Crippen LogP contribution >= 0.6 is 0 Å². The van der Waals surface area contributed by atoms with Gasteiger partial charge in [-0.05, 0) is 37.5 Å². The molecule has 0 aliphatic rings. The van der Waals surface area contributed by atoms with Crippen molar-refractivity contribution in [1.82, 2.24) is 5.32 Å². The molecule has 0 aliphatic carbocycles. The average Bonchev–Trinajstić information content (AvgIpc) is 2.44. The molecule has 1 rings (SSSR count). The zero-order chi connectivity index (χ0) is 15.0. The van der Waals surface area contributed by atoms with Gasteiger partial charge in [0.15, 0.2) is 11.5 Å². The van der Waals surface area contributed by atoms with Gasteiger partial charge in [0.2, 0.25) is 5.91 Å². The summed E-state index contributed by atoms with van der Waals surface area (Å²) < 4.78 is 10.4. The Balaban J connectivity index is 2.40. The van der Waals surface area contributed by atoms with E-state index in [1.54, 1.807) is 21.1 Å². The summed E-state index contributed by atoms with van der Waals surface area (Å²) in [6, 6.07) is 5.70. The van der Waals surface area contributed by atoms with Gasteiger partial charge in [0, 0.05) is 13.0 Å². The molecule has 1 atom stereocenters. The number of aliphatic hydroxyl groups is 1. The normalized spacial score (nSPS) is 11.8. The van der Waals surface area contributed by atoms with E-state index < -0.39 is 6.10 Å². The highest BCUT2D eigenvalue weighted by Gasteiger charge is 2.06. The number of benzene rings is 1. The summed E-state index contributed by atoms with van der Waals surface area (Å²) >= 11 is 0. The molecule has 0 aromatic heterocycles. The van der Waals surface area contributed by atoms with E-state index in [4.69, 9.17) is 14.6 Å². The molecule has 1 aromatic rings. The van der Waals surface area contributed by atoms with Crippen LogP contribution in [0.1, 0.15) is 25.3 Å². The number of hydrogen-bond donors (Lipinski definition) is 2. The number of carbonyl (C=O) groups excluding carboxylic acids is 1. The summed E-state index contributed by atoms with van der Waals surface area (Å²) in [5, 5.41) is 11.9. The lowest BCUT2D eigenvalue weighted by molar-refractivity contribution is -0.121. The van der Waals surface area contributed by atoms with E-state index in [-0.39, 0.29) is 5.91 Å². The zero-order valence-electron chi connectivity index (χ0n) is 12.3. The third-order valence-corrected chi connectivity index (χ3v) is 2.97. The molecule has 0 heterocycles. The van der Waals surface area contributed by atoms with Crippen LogP contribution in [0.2, 0.25) is 0 Å². The van der Waals surface area contributed by atoms with Crippen molar-refractivity contribution in [2.75, 3.05) is 20.8 Å². The molecule has 5 heteroatoms. The van der Waals surface area contributed by atoms with Gasteiger partial charge in [-0.2, -0.15) is 0 Å². The number of rotatable bonds is 8. The van der Waals surface area contributed by atoms with Crippen molar-refractivity contribution in [2.24, 2.45) is 0 Å². The van der Waals surface area contributed by atoms with Crippen molar-refractivity contribution in [3.8, 4) is 11.5 Å². The lowest BCUT2D eigenvalue weighted by Crippen LogP contribution is -2.26. The molecule has 112 valence electrons. The SMILES string of the molecule is COc1ccc(CCNC(=O)CCC(C)O)cc1OC. The Morgan fingerprint density at radius 3 is 2.60 bits per heavy atom.